The molecule has 2 aliphatic heterocycles. The largest absolute Gasteiger partial charge is 0.477 e. The minimum atomic E-state index is 0.0320. The lowest BCUT2D eigenvalue weighted by Crippen LogP contribution is -2.72. The summed E-state index contributed by atoms with van der Waals surface area (Å²) in [7, 11) is 2.17. The molecule has 2 saturated heterocycles. The molecule has 2 aromatic rings. The van der Waals surface area contributed by atoms with Crippen LogP contribution in [0.4, 0.5) is 0 Å². The van der Waals surface area contributed by atoms with Crippen molar-refractivity contribution < 1.29 is 9.53 Å². The van der Waals surface area contributed by atoms with Gasteiger partial charge in [-0.05, 0) is 57.5 Å². The third-order valence-corrected chi connectivity index (χ3v) is 5.82. The normalized spacial score (nSPS) is 21.7. The highest BCUT2D eigenvalue weighted by molar-refractivity contribution is 5.93. The molecule has 4 heterocycles. The molecule has 1 amide bonds. The Morgan fingerprint density at radius 1 is 1.26 bits per heavy atom. The Kier molecular flexibility index (Phi) is 4.83. The Morgan fingerprint density at radius 2 is 2.11 bits per heavy atom. The van der Waals surface area contributed by atoms with Crippen molar-refractivity contribution in [2.75, 3.05) is 33.3 Å². The molecule has 0 saturated carbocycles. The van der Waals surface area contributed by atoms with E-state index in [-0.39, 0.29) is 11.4 Å². The third-order valence-electron chi connectivity index (χ3n) is 5.82. The summed E-state index contributed by atoms with van der Waals surface area (Å²) in [5.41, 5.74) is 1.48. The van der Waals surface area contributed by atoms with Gasteiger partial charge < -0.3 is 9.64 Å². The number of hydrogen-bond acceptors (Lipinski definition) is 5. The van der Waals surface area contributed by atoms with Crippen LogP contribution in [0.15, 0.2) is 42.6 Å². The van der Waals surface area contributed by atoms with Gasteiger partial charge >= 0.3 is 0 Å². The molecule has 1 spiro atoms. The quantitative estimate of drug-likeness (QED) is 0.832. The fraction of sp³-hybridized carbons (Fsp3) is 0.476. The number of amides is 1. The molecular weight excluding hydrogens is 340 g/mol. The molecule has 27 heavy (non-hydrogen) atoms. The first-order valence-corrected chi connectivity index (χ1v) is 9.54. The van der Waals surface area contributed by atoms with E-state index < -0.39 is 0 Å². The number of aryl methyl sites for hydroxylation is 1. The zero-order valence-corrected chi connectivity index (χ0v) is 16.0. The number of piperidine rings is 1. The molecule has 0 radical (unpaired) electrons. The molecule has 2 fully saturated rings. The maximum atomic E-state index is 12.7. The lowest BCUT2D eigenvalue weighted by Gasteiger charge is -2.58. The van der Waals surface area contributed by atoms with E-state index in [0.29, 0.717) is 24.1 Å². The van der Waals surface area contributed by atoms with Gasteiger partial charge in [-0.2, -0.15) is 0 Å². The lowest BCUT2D eigenvalue weighted by molar-refractivity contribution is -0.0697. The average Bonchev–Trinajstić information content (AvgIpc) is 2.66. The number of rotatable bonds is 4. The predicted octanol–water partition coefficient (Wildman–Crippen LogP) is 2.40. The Morgan fingerprint density at radius 3 is 2.85 bits per heavy atom. The zero-order valence-electron chi connectivity index (χ0n) is 16.0. The third kappa shape index (κ3) is 3.67. The summed E-state index contributed by atoms with van der Waals surface area (Å²) in [6, 6.07) is 11.3. The van der Waals surface area contributed by atoms with Gasteiger partial charge in [0.05, 0.1) is 12.1 Å². The summed E-state index contributed by atoms with van der Waals surface area (Å²) in [5, 5.41) is 0. The van der Waals surface area contributed by atoms with Crippen molar-refractivity contribution in [3.8, 4) is 5.88 Å². The molecule has 1 atom stereocenters. The van der Waals surface area contributed by atoms with Crippen molar-refractivity contribution in [1.82, 2.24) is 19.8 Å². The molecule has 6 heteroatoms. The smallest absolute Gasteiger partial charge is 0.272 e. The number of aromatic nitrogens is 2. The van der Waals surface area contributed by atoms with Crippen molar-refractivity contribution in [3.63, 3.8) is 0 Å². The van der Waals surface area contributed by atoms with Crippen LogP contribution in [0, 0.1) is 12.8 Å². The highest BCUT2D eigenvalue weighted by Crippen LogP contribution is 2.38. The molecular formula is C21H26N4O2. The summed E-state index contributed by atoms with van der Waals surface area (Å²) < 4.78 is 5.88. The first kappa shape index (κ1) is 17.9. The fourth-order valence-corrected chi connectivity index (χ4v) is 4.19. The van der Waals surface area contributed by atoms with E-state index in [0.717, 1.165) is 38.2 Å². The van der Waals surface area contributed by atoms with Crippen LogP contribution in [0.25, 0.3) is 0 Å². The molecule has 0 aliphatic carbocycles. The van der Waals surface area contributed by atoms with Gasteiger partial charge in [-0.15, -0.1) is 0 Å². The second kappa shape index (κ2) is 7.27. The number of nitrogens with zero attached hydrogens (tertiary/aromatic N) is 4. The van der Waals surface area contributed by atoms with E-state index in [1.165, 1.54) is 0 Å². The van der Waals surface area contributed by atoms with Gasteiger partial charge in [0.1, 0.15) is 5.69 Å². The Bertz CT molecular complexity index is 805. The van der Waals surface area contributed by atoms with Gasteiger partial charge in [0.2, 0.25) is 5.88 Å². The van der Waals surface area contributed by atoms with Gasteiger partial charge in [0.25, 0.3) is 5.91 Å². The van der Waals surface area contributed by atoms with E-state index in [1.54, 1.807) is 12.3 Å². The number of likely N-dealkylation sites (tertiary alicyclic amines) is 2. The summed E-state index contributed by atoms with van der Waals surface area (Å²) in [6.07, 6.45) is 3.90. The SMILES string of the molecule is Cc1cccc(C(=O)N2CC3(CC(COc4ccccn4)CCN3C)C2)n1. The van der Waals surface area contributed by atoms with E-state index >= 15 is 0 Å². The summed E-state index contributed by atoms with van der Waals surface area (Å²) >= 11 is 0. The summed E-state index contributed by atoms with van der Waals surface area (Å²) in [6.45, 7) is 5.15. The number of pyridine rings is 2. The average molecular weight is 366 g/mol. The van der Waals surface area contributed by atoms with E-state index in [2.05, 4.69) is 21.9 Å². The second-order valence-electron chi connectivity index (χ2n) is 7.81. The van der Waals surface area contributed by atoms with Crippen LogP contribution in [0.5, 0.6) is 5.88 Å². The first-order valence-electron chi connectivity index (χ1n) is 9.54. The van der Waals surface area contributed by atoms with Crippen LogP contribution in [0.1, 0.15) is 29.0 Å². The minimum absolute atomic E-state index is 0.0320. The molecule has 0 aromatic carbocycles. The minimum Gasteiger partial charge on any atom is -0.477 e. The fourth-order valence-electron chi connectivity index (χ4n) is 4.19. The second-order valence-corrected chi connectivity index (χ2v) is 7.81. The van der Waals surface area contributed by atoms with Crippen LogP contribution < -0.4 is 4.74 Å². The topological polar surface area (TPSA) is 58.6 Å². The van der Waals surface area contributed by atoms with E-state index in [9.17, 15) is 4.79 Å². The van der Waals surface area contributed by atoms with Crippen LogP contribution >= 0.6 is 0 Å². The molecule has 6 nitrogen and oxygen atoms in total. The molecule has 0 bridgehead atoms. The number of hydrogen-bond donors (Lipinski definition) is 0. The van der Waals surface area contributed by atoms with Gasteiger partial charge in [0.15, 0.2) is 0 Å². The summed E-state index contributed by atoms with van der Waals surface area (Å²) in [4.78, 5) is 25.7. The van der Waals surface area contributed by atoms with Gasteiger partial charge in [-0.25, -0.2) is 9.97 Å². The predicted molar refractivity (Wildman–Crippen MR) is 103 cm³/mol. The highest BCUT2D eigenvalue weighted by atomic mass is 16.5. The zero-order chi connectivity index (χ0) is 18.9. The van der Waals surface area contributed by atoms with E-state index in [4.69, 9.17) is 4.74 Å². The monoisotopic (exact) mass is 366 g/mol. The van der Waals surface area contributed by atoms with Crippen LogP contribution in [-0.2, 0) is 0 Å². The van der Waals surface area contributed by atoms with Gasteiger partial charge in [0, 0.05) is 31.0 Å². The van der Waals surface area contributed by atoms with Crippen molar-refractivity contribution in [2.24, 2.45) is 5.92 Å². The van der Waals surface area contributed by atoms with E-state index in [1.807, 2.05) is 42.2 Å². The lowest BCUT2D eigenvalue weighted by atomic mass is 9.75. The molecule has 142 valence electrons. The van der Waals surface area contributed by atoms with Gasteiger partial charge in [-0.1, -0.05) is 12.1 Å². The van der Waals surface area contributed by atoms with Crippen molar-refractivity contribution >= 4 is 5.91 Å². The van der Waals surface area contributed by atoms with Gasteiger partial charge in [-0.3, -0.25) is 9.69 Å². The van der Waals surface area contributed by atoms with Crippen molar-refractivity contribution in [1.29, 1.82) is 0 Å². The molecule has 2 aromatic heterocycles. The van der Waals surface area contributed by atoms with Crippen LogP contribution in [0.3, 0.4) is 0 Å². The van der Waals surface area contributed by atoms with Crippen LogP contribution in [-0.4, -0.2) is 64.5 Å². The molecule has 0 N–H and O–H groups in total. The highest BCUT2D eigenvalue weighted by Gasteiger charge is 2.51. The molecule has 1 unspecified atom stereocenters. The number of carbonyl (C=O) groups is 1. The molecule has 4 rings (SSSR count). The van der Waals surface area contributed by atoms with Crippen molar-refractivity contribution in [3.05, 3.63) is 54.0 Å². The first-order chi connectivity index (χ1) is 13.1. The maximum absolute atomic E-state index is 12.7. The number of ether oxygens (including phenoxy) is 1. The Labute approximate surface area is 160 Å². The number of carbonyl (C=O) groups excluding carboxylic acids is 1. The number of likely N-dealkylation sites (N-methyl/N-ethyl adjacent to an activating group) is 1. The van der Waals surface area contributed by atoms with Crippen LogP contribution in [0.2, 0.25) is 0 Å². The Hall–Kier alpha value is -2.47. The Balaban J connectivity index is 1.36. The summed E-state index contributed by atoms with van der Waals surface area (Å²) in [5.74, 6) is 1.20. The standard InChI is InChI=1S/C21H26N4O2/c1-16-6-5-7-18(23-16)20(26)25-14-21(15-25)12-17(9-11-24(21)2)13-27-19-8-3-4-10-22-19/h3-8,10,17H,9,11-15H2,1-2H3. The molecule has 2 aliphatic rings. The van der Waals surface area contributed by atoms with Crippen molar-refractivity contribution in [2.45, 2.75) is 25.3 Å². The maximum Gasteiger partial charge on any atom is 0.272 e.